The summed E-state index contributed by atoms with van der Waals surface area (Å²) < 4.78 is 154. The summed E-state index contributed by atoms with van der Waals surface area (Å²) in [5.41, 5.74) is -1.89. The zero-order chi connectivity index (χ0) is 34.1. The third-order valence-corrected chi connectivity index (χ3v) is 13.1. The van der Waals surface area contributed by atoms with Gasteiger partial charge in [-0.2, -0.15) is 34.8 Å². The molecule has 18 heteroatoms. The van der Waals surface area contributed by atoms with Crippen molar-refractivity contribution in [3.05, 3.63) is 70.8 Å². The molecule has 2 aromatic carbocycles. The molecule has 4 bridgehead atoms. The smallest absolute Gasteiger partial charge is 0.438 e. The van der Waals surface area contributed by atoms with Gasteiger partial charge in [0.2, 0.25) is 10.0 Å². The van der Waals surface area contributed by atoms with Crippen LogP contribution in [0.25, 0.3) is 0 Å². The Bertz CT molecular complexity index is 1840. The number of carbonyl (C=O) groups is 2. The maximum absolute atomic E-state index is 13.9. The number of sulfonamides is 1. The summed E-state index contributed by atoms with van der Waals surface area (Å²) in [5, 5.41) is -1.82. The topological polar surface area (TPSA) is 153 Å². The van der Waals surface area contributed by atoms with Crippen LogP contribution in [0.3, 0.4) is 0 Å². The lowest BCUT2D eigenvalue weighted by molar-refractivity contribution is -0.362. The Morgan fingerprint density at radius 3 is 1.89 bits per heavy atom. The van der Waals surface area contributed by atoms with Gasteiger partial charge in [-0.1, -0.05) is 48.5 Å². The number of esters is 2. The van der Waals surface area contributed by atoms with Crippen molar-refractivity contribution in [3.63, 3.8) is 0 Å². The Morgan fingerprint density at radius 1 is 0.851 bits per heavy atom. The molecular weight excluding hydrogens is 684 g/mol. The number of carbonyl (C=O) groups excluding carboxylic acids is 2. The number of fused-ring (bicyclic) bond motifs is 2. The SMILES string of the molecule is O=C(OC1C2CC3C1NS(=O)(=O)C3C2C(=O)OC(CS(=O)(=O)O)(C(F)(F)F)C(F)(F)F)C1CC2c3ccccc3C1c1ccccc12. The number of halogens is 6. The predicted molar refractivity (Wildman–Crippen MR) is 147 cm³/mol. The van der Waals surface area contributed by atoms with Crippen molar-refractivity contribution in [1.29, 1.82) is 0 Å². The average Bonchev–Trinajstić information content (AvgIpc) is 3.58. The zero-order valence-corrected chi connectivity index (χ0v) is 25.4. The second-order valence-electron chi connectivity index (χ2n) is 12.7. The van der Waals surface area contributed by atoms with Gasteiger partial charge in [-0.3, -0.25) is 14.1 Å². The first kappa shape index (κ1) is 32.3. The summed E-state index contributed by atoms with van der Waals surface area (Å²) in [5.74, 6) is -12.2. The Balaban J connectivity index is 1.21. The molecule has 1 aliphatic heterocycles. The first-order valence-electron chi connectivity index (χ1n) is 14.5. The van der Waals surface area contributed by atoms with E-state index >= 15 is 0 Å². The van der Waals surface area contributed by atoms with Gasteiger partial charge in [0.1, 0.15) is 11.9 Å². The van der Waals surface area contributed by atoms with Crippen LogP contribution >= 0.6 is 0 Å². The number of ether oxygens (including phenoxy) is 2. The number of rotatable bonds is 6. The lowest BCUT2D eigenvalue weighted by Crippen LogP contribution is -2.64. The van der Waals surface area contributed by atoms with E-state index in [1.54, 1.807) is 0 Å². The van der Waals surface area contributed by atoms with Gasteiger partial charge in [-0.15, -0.1) is 0 Å². The molecule has 1 saturated heterocycles. The molecule has 5 aliphatic carbocycles. The van der Waals surface area contributed by atoms with Crippen LogP contribution in [-0.4, -0.2) is 74.4 Å². The maximum Gasteiger partial charge on any atom is 0.438 e. The van der Waals surface area contributed by atoms with Crippen LogP contribution in [0.15, 0.2) is 48.5 Å². The molecule has 254 valence electrons. The first-order chi connectivity index (χ1) is 21.8. The van der Waals surface area contributed by atoms with E-state index in [-0.39, 0.29) is 12.3 Å². The quantitative estimate of drug-likeness (QED) is 0.261. The fraction of sp³-hybridized carbons (Fsp3) is 0.517. The Kier molecular flexibility index (Phi) is 6.98. The number of nitrogens with one attached hydrogen (secondary N) is 1. The van der Waals surface area contributed by atoms with Crippen LogP contribution in [0.5, 0.6) is 0 Å². The highest BCUT2D eigenvalue weighted by Crippen LogP contribution is 2.59. The summed E-state index contributed by atoms with van der Waals surface area (Å²) in [6, 6.07) is 13.9. The molecule has 47 heavy (non-hydrogen) atoms. The van der Waals surface area contributed by atoms with Gasteiger partial charge in [0.25, 0.3) is 10.1 Å². The molecule has 6 aliphatic rings. The van der Waals surface area contributed by atoms with E-state index in [0.29, 0.717) is 6.42 Å². The Hall–Kier alpha value is -3.22. The van der Waals surface area contributed by atoms with Crippen molar-refractivity contribution in [2.24, 2.45) is 23.7 Å². The highest BCUT2D eigenvalue weighted by molar-refractivity contribution is 7.90. The van der Waals surface area contributed by atoms with E-state index in [0.717, 1.165) is 22.3 Å². The molecular formula is C29H25F6NO9S2. The third kappa shape index (κ3) is 4.72. The van der Waals surface area contributed by atoms with Gasteiger partial charge in [0.15, 0.2) is 0 Å². The highest BCUT2D eigenvalue weighted by atomic mass is 32.2. The van der Waals surface area contributed by atoms with Crippen LogP contribution in [0.2, 0.25) is 0 Å². The number of hydrogen-bond donors (Lipinski definition) is 2. The fourth-order valence-corrected chi connectivity index (χ4v) is 11.9. The van der Waals surface area contributed by atoms with Crippen molar-refractivity contribution >= 4 is 32.1 Å². The van der Waals surface area contributed by atoms with Crippen LogP contribution in [-0.2, 0) is 39.2 Å². The molecule has 0 spiro atoms. The van der Waals surface area contributed by atoms with E-state index in [1.165, 1.54) is 0 Å². The Labute approximate surface area is 263 Å². The molecule has 2 N–H and O–H groups in total. The van der Waals surface area contributed by atoms with Crippen molar-refractivity contribution in [3.8, 4) is 0 Å². The Morgan fingerprint density at radius 2 is 1.38 bits per heavy atom. The number of alkyl halides is 6. The lowest BCUT2D eigenvalue weighted by Gasteiger charge is -2.45. The zero-order valence-electron chi connectivity index (χ0n) is 23.7. The van der Waals surface area contributed by atoms with Gasteiger partial charge >= 0.3 is 29.9 Å². The second kappa shape index (κ2) is 10.1. The van der Waals surface area contributed by atoms with Gasteiger partial charge in [0, 0.05) is 17.8 Å². The van der Waals surface area contributed by atoms with Crippen molar-refractivity contribution < 1.29 is 66.8 Å². The molecule has 7 unspecified atom stereocenters. The standard InChI is InChI=1S/C29H25F6NO9S2/c30-28(31,32)27(29(33,34)35,11-46(39,40)41)45-26(38)21-17-10-19-22(36-47(42,43)24(19)21)23(17)44-25(37)18-9-16-12-5-1-3-7-14(12)20(18)15-8-4-2-6-13(15)16/h1-8,16-24,36H,9-11H2,(H,39,40,41). The third-order valence-electron chi connectivity index (χ3n) is 10.4. The summed E-state index contributed by atoms with van der Waals surface area (Å²) in [4.78, 5) is 27.2. The highest BCUT2D eigenvalue weighted by Gasteiger charge is 2.78. The van der Waals surface area contributed by atoms with Crippen molar-refractivity contribution in [1.82, 2.24) is 4.72 Å². The van der Waals surface area contributed by atoms with Crippen molar-refractivity contribution in [2.45, 2.75) is 60.0 Å². The summed E-state index contributed by atoms with van der Waals surface area (Å²) >= 11 is 0. The molecule has 7 atom stereocenters. The van der Waals surface area contributed by atoms with Crippen LogP contribution in [0, 0.1) is 23.7 Å². The minimum Gasteiger partial charge on any atom is -0.460 e. The van der Waals surface area contributed by atoms with E-state index in [4.69, 9.17) is 9.29 Å². The van der Waals surface area contributed by atoms with E-state index < -0.39 is 103 Å². The van der Waals surface area contributed by atoms with E-state index in [1.807, 2.05) is 48.5 Å². The molecule has 2 aromatic rings. The maximum atomic E-state index is 13.9. The fourth-order valence-electron chi connectivity index (χ4n) is 8.68. The molecule has 2 saturated carbocycles. The normalized spacial score (nSPS) is 33.3. The molecule has 0 amide bonds. The van der Waals surface area contributed by atoms with E-state index in [2.05, 4.69) is 9.46 Å². The molecule has 8 rings (SSSR count). The number of benzene rings is 2. The van der Waals surface area contributed by atoms with Crippen LogP contribution in [0.1, 0.15) is 46.9 Å². The summed E-state index contributed by atoms with van der Waals surface area (Å²) in [6.45, 7) is 0. The minimum absolute atomic E-state index is 0.178. The van der Waals surface area contributed by atoms with Crippen molar-refractivity contribution in [2.75, 3.05) is 5.75 Å². The second-order valence-corrected chi connectivity index (χ2v) is 16.1. The van der Waals surface area contributed by atoms with Gasteiger partial charge in [0.05, 0.1) is 23.1 Å². The van der Waals surface area contributed by atoms with Crippen LogP contribution < -0.4 is 4.72 Å². The minimum atomic E-state index is -6.59. The first-order valence-corrected chi connectivity index (χ1v) is 17.6. The predicted octanol–water partition coefficient (Wildman–Crippen LogP) is 3.43. The van der Waals surface area contributed by atoms with Gasteiger partial charge < -0.3 is 9.47 Å². The monoisotopic (exact) mass is 709 g/mol. The van der Waals surface area contributed by atoms with Gasteiger partial charge in [-0.25, -0.2) is 13.1 Å². The molecule has 3 fully saturated rings. The van der Waals surface area contributed by atoms with E-state index in [9.17, 15) is 52.8 Å². The van der Waals surface area contributed by atoms with Gasteiger partial charge in [-0.05, 0) is 41.0 Å². The summed E-state index contributed by atoms with van der Waals surface area (Å²) in [7, 11) is -10.6. The number of hydrogen-bond acceptors (Lipinski definition) is 8. The molecule has 0 radical (unpaired) electrons. The summed E-state index contributed by atoms with van der Waals surface area (Å²) in [6.07, 6.45) is -14.5. The lowest BCUT2D eigenvalue weighted by atomic mass is 9.59. The van der Waals surface area contributed by atoms with Crippen LogP contribution in [0.4, 0.5) is 26.3 Å². The molecule has 0 aromatic heterocycles. The largest absolute Gasteiger partial charge is 0.460 e. The average molecular weight is 710 g/mol. The molecule has 10 nitrogen and oxygen atoms in total. The molecule has 1 heterocycles.